The molecule has 5 nitrogen and oxygen atoms in total. The van der Waals surface area contributed by atoms with Crippen LogP contribution in [0.15, 0.2) is 6.20 Å². The van der Waals surface area contributed by atoms with Crippen LogP contribution in [0.3, 0.4) is 0 Å². The molecule has 0 spiro atoms. The summed E-state index contributed by atoms with van der Waals surface area (Å²) in [5.74, 6) is 0.754. The Kier molecular flexibility index (Phi) is 3.36. The maximum Gasteiger partial charge on any atom is 0.225 e. The molecule has 0 radical (unpaired) electrons. The van der Waals surface area contributed by atoms with E-state index >= 15 is 0 Å². The molecule has 1 aromatic heterocycles. The van der Waals surface area contributed by atoms with Crippen molar-refractivity contribution in [1.29, 1.82) is 0 Å². The molecule has 0 unspecified atom stereocenters. The summed E-state index contributed by atoms with van der Waals surface area (Å²) >= 11 is 0. The van der Waals surface area contributed by atoms with Gasteiger partial charge in [-0.1, -0.05) is 0 Å². The standard InChI is InChI=1S/C11H18N4O/c1-8(2)15(4-3-12)11-13-5-9-6-16-7-10(9)14-11/h5,8H,3-4,6-7,12H2,1-2H3. The number of nitrogens with zero attached hydrogens (tertiary/aromatic N) is 3. The molecule has 1 aliphatic rings. The molecule has 0 saturated carbocycles. The number of anilines is 1. The van der Waals surface area contributed by atoms with E-state index in [0.717, 1.165) is 23.8 Å². The van der Waals surface area contributed by atoms with Gasteiger partial charge in [-0.3, -0.25) is 0 Å². The molecule has 5 heteroatoms. The van der Waals surface area contributed by atoms with Gasteiger partial charge in [0, 0.05) is 30.9 Å². The Morgan fingerprint density at radius 3 is 3.00 bits per heavy atom. The summed E-state index contributed by atoms with van der Waals surface area (Å²) in [5.41, 5.74) is 7.70. The number of ether oxygens (including phenoxy) is 1. The van der Waals surface area contributed by atoms with Crippen LogP contribution >= 0.6 is 0 Å². The highest BCUT2D eigenvalue weighted by Gasteiger charge is 2.18. The van der Waals surface area contributed by atoms with E-state index in [0.29, 0.717) is 25.8 Å². The molecular weight excluding hydrogens is 204 g/mol. The van der Waals surface area contributed by atoms with Gasteiger partial charge in [-0.25, -0.2) is 9.97 Å². The van der Waals surface area contributed by atoms with E-state index in [2.05, 4.69) is 28.7 Å². The fourth-order valence-electron chi connectivity index (χ4n) is 1.80. The minimum atomic E-state index is 0.351. The summed E-state index contributed by atoms with van der Waals surface area (Å²) in [6.45, 7) is 6.84. The van der Waals surface area contributed by atoms with Crippen LogP contribution in [0, 0.1) is 0 Å². The summed E-state index contributed by atoms with van der Waals surface area (Å²) in [4.78, 5) is 11.0. The Morgan fingerprint density at radius 1 is 1.50 bits per heavy atom. The highest BCUT2D eigenvalue weighted by atomic mass is 16.5. The highest BCUT2D eigenvalue weighted by Crippen LogP contribution is 2.20. The first-order valence-corrected chi connectivity index (χ1v) is 5.61. The molecule has 0 atom stereocenters. The molecule has 0 saturated heterocycles. The molecule has 0 aromatic carbocycles. The summed E-state index contributed by atoms with van der Waals surface area (Å²) < 4.78 is 5.32. The maximum atomic E-state index is 5.60. The Hall–Kier alpha value is -1.20. The highest BCUT2D eigenvalue weighted by molar-refractivity contribution is 5.34. The van der Waals surface area contributed by atoms with Crippen LogP contribution in [-0.2, 0) is 18.0 Å². The molecule has 0 aliphatic carbocycles. The van der Waals surface area contributed by atoms with E-state index in [1.54, 1.807) is 0 Å². The third kappa shape index (κ3) is 2.15. The van der Waals surface area contributed by atoms with E-state index in [-0.39, 0.29) is 0 Å². The quantitative estimate of drug-likeness (QED) is 0.811. The molecule has 2 heterocycles. The van der Waals surface area contributed by atoms with Crippen molar-refractivity contribution in [3.05, 3.63) is 17.5 Å². The molecule has 0 bridgehead atoms. The molecule has 0 fully saturated rings. The van der Waals surface area contributed by atoms with Gasteiger partial charge in [-0.05, 0) is 13.8 Å². The predicted molar refractivity (Wildman–Crippen MR) is 62.1 cm³/mol. The monoisotopic (exact) mass is 222 g/mol. The van der Waals surface area contributed by atoms with Gasteiger partial charge in [0.1, 0.15) is 0 Å². The molecular formula is C11H18N4O. The number of aromatic nitrogens is 2. The molecule has 2 rings (SSSR count). The zero-order valence-corrected chi connectivity index (χ0v) is 9.81. The van der Waals surface area contributed by atoms with Crippen LogP contribution in [0.4, 0.5) is 5.95 Å². The Bertz CT molecular complexity index is 367. The summed E-state index contributed by atoms with van der Waals surface area (Å²) in [6, 6.07) is 0.351. The van der Waals surface area contributed by atoms with Crippen LogP contribution in [-0.4, -0.2) is 29.1 Å². The van der Waals surface area contributed by atoms with Crippen molar-refractivity contribution in [2.24, 2.45) is 5.73 Å². The molecule has 1 aliphatic heterocycles. The summed E-state index contributed by atoms with van der Waals surface area (Å²) in [7, 11) is 0. The predicted octanol–water partition coefficient (Wildman–Crippen LogP) is 0.680. The van der Waals surface area contributed by atoms with E-state index in [1.807, 2.05) is 6.20 Å². The van der Waals surface area contributed by atoms with Crippen molar-refractivity contribution >= 4 is 5.95 Å². The van der Waals surface area contributed by atoms with Gasteiger partial charge in [-0.15, -0.1) is 0 Å². The van der Waals surface area contributed by atoms with Gasteiger partial charge in [0.15, 0.2) is 0 Å². The van der Waals surface area contributed by atoms with Crippen molar-refractivity contribution in [2.45, 2.75) is 33.1 Å². The molecule has 0 amide bonds. The first-order chi connectivity index (χ1) is 7.72. The first-order valence-electron chi connectivity index (χ1n) is 5.61. The van der Waals surface area contributed by atoms with Crippen molar-refractivity contribution in [1.82, 2.24) is 9.97 Å². The lowest BCUT2D eigenvalue weighted by Gasteiger charge is -2.26. The molecule has 2 N–H and O–H groups in total. The van der Waals surface area contributed by atoms with Crippen LogP contribution in [0.25, 0.3) is 0 Å². The topological polar surface area (TPSA) is 64.3 Å². The number of hydrogen-bond donors (Lipinski definition) is 1. The smallest absolute Gasteiger partial charge is 0.225 e. The lowest BCUT2D eigenvalue weighted by Crippen LogP contribution is -2.36. The second-order valence-corrected chi connectivity index (χ2v) is 4.21. The van der Waals surface area contributed by atoms with E-state index < -0.39 is 0 Å². The molecule has 16 heavy (non-hydrogen) atoms. The van der Waals surface area contributed by atoms with E-state index in [4.69, 9.17) is 10.5 Å². The fourth-order valence-corrected chi connectivity index (χ4v) is 1.80. The van der Waals surface area contributed by atoms with E-state index in [1.165, 1.54) is 0 Å². The zero-order chi connectivity index (χ0) is 11.5. The first kappa shape index (κ1) is 11.3. The average Bonchev–Trinajstić information content (AvgIpc) is 2.72. The number of rotatable bonds is 4. The van der Waals surface area contributed by atoms with Gasteiger partial charge < -0.3 is 15.4 Å². The van der Waals surface area contributed by atoms with Crippen LogP contribution in [0.5, 0.6) is 0 Å². The average molecular weight is 222 g/mol. The van der Waals surface area contributed by atoms with Crippen molar-refractivity contribution in [3.63, 3.8) is 0 Å². The Labute approximate surface area is 95.6 Å². The van der Waals surface area contributed by atoms with Gasteiger partial charge in [0.2, 0.25) is 5.95 Å². The third-order valence-electron chi connectivity index (χ3n) is 2.69. The van der Waals surface area contributed by atoms with Gasteiger partial charge in [0.05, 0.1) is 18.9 Å². The largest absolute Gasteiger partial charge is 0.370 e. The molecule has 1 aromatic rings. The van der Waals surface area contributed by atoms with Crippen LogP contribution in [0.2, 0.25) is 0 Å². The second-order valence-electron chi connectivity index (χ2n) is 4.21. The van der Waals surface area contributed by atoms with Crippen LogP contribution < -0.4 is 10.6 Å². The van der Waals surface area contributed by atoms with Gasteiger partial charge >= 0.3 is 0 Å². The van der Waals surface area contributed by atoms with Crippen LogP contribution in [0.1, 0.15) is 25.1 Å². The van der Waals surface area contributed by atoms with Gasteiger partial charge in [-0.2, -0.15) is 0 Å². The van der Waals surface area contributed by atoms with Gasteiger partial charge in [0.25, 0.3) is 0 Å². The lowest BCUT2D eigenvalue weighted by molar-refractivity contribution is 0.133. The third-order valence-corrected chi connectivity index (χ3v) is 2.69. The molecule has 88 valence electrons. The van der Waals surface area contributed by atoms with Crippen molar-refractivity contribution < 1.29 is 4.74 Å². The SMILES string of the molecule is CC(C)N(CCN)c1ncc2c(n1)COC2. The van der Waals surface area contributed by atoms with Crippen molar-refractivity contribution in [3.8, 4) is 0 Å². The minimum absolute atomic E-state index is 0.351. The lowest BCUT2D eigenvalue weighted by atomic mass is 10.3. The van der Waals surface area contributed by atoms with Crippen molar-refractivity contribution in [2.75, 3.05) is 18.0 Å². The Morgan fingerprint density at radius 2 is 2.31 bits per heavy atom. The second kappa shape index (κ2) is 4.76. The fraction of sp³-hybridized carbons (Fsp3) is 0.636. The Balaban J connectivity index is 2.24. The summed E-state index contributed by atoms with van der Waals surface area (Å²) in [5, 5.41) is 0. The zero-order valence-electron chi connectivity index (χ0n) is 9.81. The normalized spacial score (nSPS) is 14.2. The number of fused-ring (bicyclic) bond motifs is 1. The van der Waals surface area contributed by atoms with E-state index in [9.17, 15) is 0 Å². The maximum absolute atomic E-state index is 5.60. The number of hydrogen-bond acceptors (Lipinski definition) is 5. The number of nitrogens with two attached hydrogens (primary N) is 1. The minimum Gasteiger partial charge on any atom is -0.370 e. The summed E-state index contributed by atoms with van der Waals surface area (Å²) in [6.07, 6.45) is 1.86.